The Hall–Kier alpha value is -0.320. The van der Waals surface area contributed by atoms with E-state index in [2.05, 4.69) is 51.2 Å². The van der Waals surface area contributed by atoms with Gasteiger partial charge in [-0.2, -0.15) is 10.9 Å². The standard InChI is InChI=1S/C12H13BrOS2/c1-14-12-4-3-10(7-11(12)13)16-6-5-9(8-16)15-2/h3-8,16H,1-2H3. The first-order valence-electron chi connectivity index (χ1n) is 4.80. The quantitative estimate of drug-likeness (QED) is 0.819. The summed E-state index contributed by atoms with van der Waals surface area (Å²) >= 11 is 5.32. The fourth-order valence-corrected chi connectivity index (χ4v) is 4.87. The number of hydrogen-bond acceptors (Lipinski definition) is 2. The molecule has 4 heteroatoms. The molecule has 1 unspecified atom stereocenters. The van der Waals surface area contributed by atoms with E-state index >= 15 is 0 Å². The molecule has 0 aliphatic carbocycles. The van der Waals surface area contributed by atoms with Crippen LogP contribution in [0.15, 0.2) is 49.4 Å². The van der Waals surface area contributed by atoms with Crippen molar-refractivity contribution in [2.24, 2.45) is 0 Å². The molecule has 0 amide bonds. The molecule has 1 heterocycles. The average molecular weight is 317 g/mol. The highest BCUT2D eigenvalue weighted by Crippen LogP contribution is 2.47. The second-order valence-electron chi connectivity index (χ2n) is 3.28. The van der Waals surface area contributed by atoms with E-state index in [0.29, 0.717) is 0 Å². The van der Waals surface area contributed by atoms with E-state index in [1.54, 1.807) is 18.9 Å². The molecule has 1 aromatic carbocycles. The van der Waals surface area contributed by atoms with E-state index in [-0.39, 0.29) is 10.9 Å². The molecule has 2 rings (SSSR count). The van der Waals surface area contributed by atoms with Crippen molar-refractivity contribution in [3.63, 3.8) is 0 Å². The molecule has 0 aromatic heterocycles. The zero-order chi connectivity index (χ0) is 11.5. The lowest BCUT2D eigenvalue weighted by Gasteiger charge is -2.12. The first kappa shape index (κ1) is 12.1. The van der Waals surface area contributed by atoms with E-state index in [1.807, 2.05) is 6.07 Å². The van der Waals surface area contributed by atoms with Crippen LogP contribution in [0.1, 0.15) is 0 Å². The number of ether oxygens (including phenoxy) is 1. The van der Waals surface area contributed by atoms with Crippen molar-refractivity contribution in [3.05, 3.63) is 44.5 Å². The van der Waals surface area contributed by atoms with Gasteiger partial charge in [0.25, 0.3) is 0 Å². The Bertz CT molecular complexity index is 454. The normalized spacial score (nSPS) is 20.9. The van der Waals surface area contributed by atoms with Crippen LogP contribution < -0.4 is 4.74 Å². The monoisotopic (exact) mass is 316 g/mol. The summed E-state index contributed by atoms with van der Waals surface area (Å²) < 4.78 is 6.25. The molecule has 1 nitrogen and oxygen atoms in total. The number of hydrogen-bond donors (Lipinski definition) is 1. The lowest BCUT2D eigenvalue weighted by molar-refractivity contribution is 0.412. The number of allylic oxidation sites excluding steroid dienone is 1. The summed E-state index contributed by atoms with van der Waals surface area (Å²) in [4.78, 5) is 2.71. The minimum atomic E-state index is -0.268. The third kappa shape index (κ3) is 2.50. The van der Waals surface area contributed by atoms with Crippen molar-refractivity contribution in [2.45, 2.75) is 4.90 Å². The molecule has 0 saturated heterocycles. The number of rotatable bonds is 3. The van der Waals surface area contributed by atoms with Gasteiger partial charge < -0.3 is 4.74 Å². The molecule has 1 atom stereocenters. The van der Waals surface area contributed by atoms with E-state index in [1.165, 1.54) is 9.80 Å². The topological polar surface area (TPSA) is 9.23 Å². The van der Waals surface area contributed by atoms with E-state index in [4.69, 9.17) is 4.74 Å². The average Bonchev–Trinajstić information content (AvgIpc) is 2.77. The van der Waals surface area contributed by atoms with Gasteiger partial charge in [-0.25, -0.2) is 0 Å². The molecule has 1 aromatic rings. The van der Waals surface area contributed by atoms with E-state index in [9.17, 15) is 0 Å². The summed E-state index contributed by atoms with van der Waals surface area (Å²) in [7, 11) is 1.42. The van der Waals surface area contributed by atoms with Gasteiger partial charge in [-0.1, -0.05) is 0 Å². The number of thioether (sulfide) groups is 1. The zero-order valence-electron chi connectivity index (χ0n) is 9.11. The lowest BCUT2D eigenvalue weighted by Crippen LogP contribution is -1.84. The van der Waals surface area contributed by atoms with Crippen molar-refractivity contribution in [2.75, 3.05) is 13.4 Å². The molecule has 86 valence electrons. The second-order valence-corrected chi connectivity index (χ2v) is 6.90. The van der Waals surface area contributed by atoms with Crippen LogP contribution in [0.5, 0.6) is 5.75 Å². The highest BCUT2D eigenvalue weighted by atomic mass is 79.9. The van der Waals surface area contributed by atoms with Crippen LogP contribution in [0.25, 0.3) is 0 Å². The third-order valence-corrected chi connectivity index (χ3v) is 5.76. The second kappa shape index (κ2) is 5.34. The van der Waals surface area contributed by atoms with Gasteiger partial charge >= 0.3 is 0 Å². The van der Waals surface area contributed by atoms with Gasteiger partial charge in [0.2, 0.25) is 0 Å². The zero-order valence-corrected chi connectivity index (χ0v) is 12.4. The molecule has 0 bridgehead atoms. The van der Waals surface area contributed by atoms with Gasteiger partial charge in [0.15, 0.2) is 0 Å². The molecule has 1 aliphatic rings. The molecule has 16 heavy (non-hydrogen) atoms. The molecule has 0 saturated carbocycles. The number of benzene rings is 1. The Morgan fingerprint density at radius 3 is 2.75 bits per heavy atom. The SMILES string of the molecule is COc1ccc([SH]2C=CC(SC)=C2)cc1Br. The summed E-state index contributed by atoms with van der Waals surface area (Å²) in [6.07, 6.45) is 4.31. The Kier molecular flexibility index (Phi) is 4.05. The first-order chi connectivity index (χ1) is 7.74. The summed E-state index contributed by atoms with van der Waals surface area (Å²) in [5.41, 5.74) is 0. The van der Waals surface area contributed by atoms with Crippen LogP contribution in [-0.4, -0.2) is 13.4 Å². The van der Waals surface area contributed by atoms with Gasteiger partial charge in [-0.3, -0.25) is 0 Å². The Labute approximate surface area is 111 Å². The molecule has 1 aliphatic heterocycles. The maximum atomic E-state index is 5.23. The molecule has 0 spiro atoms. The largest absolute Gasteiger partial charge is 0.496 e. The molecule has 0 fully saturated rings. The van der Waals surface area contributed by atoms with Crippen LogP contribution in [0.2, 0.25) is 0 Å². The van der Waals surface area contributed by atoms with Crippen LogP contribution in [0.3, 0.4) is 0 Å². The highest BCUT2D eigenvalue weighted by Gasteiger charge is 2.09. The molecule has 0 radical (unpaired) electrons. The maximum Gasteiger partial charge on any atom is 0.133 e. The number of halogens is 1. The summed E-state index contributed by atoms with van der Waals surface area (Å²) in [6.45, 7) is 0. The summed E-state index contributed by atoms with van der Waals surface area (Å²) in [6, 6.07) is 6.30. The fourth-order valence-electron chi connectivity index (χ4n) is 1.47. The highest BCUT2D eigenvalue weighted by molar-refractivity contribution is 9.10. The Morgan fingerprint density at radius 2 is 2.19 bits per heavy atom. The predicted molar refractivity (Wildman–Crippen MR) is 78.7 cm³/mol. The lowest BCUT2D eigenvalue weighted by atomic mass is 10.3. The number of methoxy groups -OCH3 is 1. The van der Waals surface area contributed by atoms with Crippen LogP contribution >= 0.6 is 38.6 Å². The van der Waals surface area contributed by atoms with E-state index < -0.39 is 0 Å². The van der Waals surface area contributed by atoms with Crippen molar-refractivity contribution >= 4 is 38.6 Å². The molecular formula is C12H13BrOS2. The van der Waals surface area contributed by atoms with Gasteiger partial charge in [0.1, 0.15) is 5.75 Å². The van der Waals surface area contributed by atoms with Crippen LogP contribution in [0, 0.1) is 0 Å². The van der Waals surface area contributed by atoms with Crippen LogP contribution in [0.4, 0.5) is 0 Å². The summed E-state index contributed by atoms with van der Waals surface area (Å²) in [5.74, 6) is 0.885. The minimum absolute atomic E-state index is 0.268. The van der Waals surface area contributed by atoms with Crippen LogP contribution in [-0.2, 0) is 0 Å². The number of thiol groups is 1. The fraction of sp³-hybridized carbons (Fsp3) is 0.167. The summed E-state index contributed by atoms with van der Waals surface area (Å²) in [5, 5.41) is 4.63. The van der Waals surface area contributed by atoms with Crippen molar-refractivity contribution < 1.29 is 4.74 Å². The van der Waals surface area contributed by atoms with Gasteiger partial charge in [0.05, 0.1) is 11.6 Å². The third-order valence-electron chi connectivity index (χ3n) is 2.33. The Balaban J connectivity index is 2.26. The Morgan fingerprint density at radius 1 is 1.38 bits per heavy atom. The van der Waals surface area contributed by atoms with Gasteiger partial charge in [0, 0.05) is 4.91 Å². The maximum absolute atomic E-state index is 5.23. The van der Waals surface area contributed by atoms with Crippen molar-refractivity contribution in [1.29, 1.82) is 0 Å². The molecular weight excluding hydrogens is 304 g/mol. The van der Waals surface area contributed by atoms with Crippen molar-refractivity contribution in [3.8, 4) is 5.75 Å². The minimum Gasteiger partial charge on any atom is -0.496 e. The van der Waals surface area contributed by atoms with Gasteiger partial charge in [-0.05, 0) is 62.2 Å². The first-order valence-corrected chi connectivity index (χ1v) is 8.30. The smallest absolute Gasteiger partial charge is 0.133 e. The predicted octanol–water partition coefficient (Wildman–Crippen LogP) is 4.55. The van der Waals surface area contributed by atoms with E-state index in [0.717, 1.165) is 10.2 Å². The van der Waals surface area contributed by atoms with Crippen molar-refractivity contribution in [1.82, 2.24) is 0 Å². The van der Waals surface area contributed by atoms with Gasteiger partial charge in [-0.15, -0.1) is 11.8 Å². The molecule has 0 N–H and O–H groups in total.